The van der Waals surface area contributed by atoms with Gasteiger partial charge >= 0.3 is 11.9 Å². The Balaban J connectivity index is 3.17. The minimum Gasteiger partial charge on any atom is -0.478 e. The van der Waals surface area contributed by atoms with Gasteiger partial charge in [-0.3, -0.25) is 0 Å². The summed E-state index contributed by atoms with van der Waals surface area (Å²) in [5, 5.41) is 18.9. The molecule has 2 N–H and O–H groups in total. The first-order valence-electron chi connectivity index (χ1n) is 7.68. The molecule has 0 aliphatic carbocycles. The van der Waals surface area contributed by atoms with Crippen molar-refractivity contribution in [2.24, 2.45) is 11.8 Å². The van der Waals surface area contributed by atoms with Crippen molar-refractivity contribution in [3.63, 3.8) is 0 Å². The van der Waals surface area contributed by atoms with E-state index in [4.69, 9.17) is 0 Å². The van der Waals surface area contributed by atoms with E-state index in [0.29, 0.717) is 12.8 Å². The molecule has 6 heteroatoms. The molecule has 0 spiro atoms. The van der Waals surface area contributed by atoms with Crippen LogP contribution in [0, 0.1) is 18.8 Å². The first-order valence-corrected chi connectivity index (χ1v) is 7.68. The van der Waals surface area contributed by atoms with E-state index in [2.05, 4.69) is 0 Å². The van der Waals surface area contributed by atoms with Crippen LogP contribution in [-0.2, 0) is 9.59 Å². The number of aliphatic carboxylic acids is 2. The van der Waals surface area contributed by atoms with Gasteiger partial charge in [-0.1, -0.05) is 27.7 Å². The Kier molecular flexibility index (Phi) is 6.14. The molecule has 22 heavy (non-hydrogen) atoms. The van der Waals surface area contributed by atoms with Gasteiger partial charge in [0.1, 0.15) is 11.9 Å². The number of carboxylic acid groups (broad SMARTS) is 2. The Morgan fingerprint density at radius 1 is 1.09 bits per heavy atom. The van der Waals surface area contributed by atoms with Crippen LogP contribution in [0.4, 0.5) is 0 Å². The first kappa shape index (κ1) is 18.2. The molecule has 0 aliphatic rings. The summed E-state index contributed by atoms with van der Waals surface area (Å²) in [6.07, 6.45) is 4.35. The molecule has 0 saturated heterocycles. The molecule has 0 aliphatic heterocycles. The Hall–Kier alpha value is -1.85. The van der Waals surface area contributed by atoms with Crippen molar-refractivity contribution in [1.29, 1.82) is 0 Å². The van der Waals surface area contributed by atoms with Crippen molar-refractivity contribution in [2.45, 2.75) is 59.5 Å². The smallest absolute Gasteiger partial charge is 0.349 e. The largest absolute Gasteiger partial charge is 0.478 e. The highest BCUT2D eigenvalue weighted by atomic mass is 16.4. The Bertz CT molecular complexity index is 534. The highest BCUT2D eigenvalue weighted by molar-refractivity contribution is 5.72. The van der Waals surface area contributed by atoms with Crippen molar-refractivity contribution >= 4 is 11.9 Å². The lowest BCUT2D eigenvalue weighted by atomic mass is 10.0. The molecule has 1 rings (SSSR count). The van der Waals surface area contributed by atoms with Crippen molar-refractivity contribution < 1.29 is 24.4 Å². The molecule has 0 radical (unpaired) electrons. The van der Waals surface area contributed by atoms with Gasteiger partial charge in [0.2, 0.25) is 6.33 Å². The van der Waals surface area contributed by atoms with Gasteiger partial charge < -0.3 is 10.2 Å². The Labute approximate surface area is 131 Å². The SMILES string of the molecule is Cc1c[n+](C(CC(C)C)C(=O)O)cn1C(CC(C)C)C(=O)O. The average molecular weight is 311 g/mol. The lowest BCUT2D eigenvalue weighted by Crippen LogP contribution is -2.43. The topological polar surface area (TPSA) is 83.4 Å². The van der Waals surface area contributed by atoms with E-state index < -0.39 is 24.0 Å². The fraction of sp³-hybridized carbons (Fsp3) is 0.688. The molecular weight excluding hydrogens is 284 g/mol. The zero-order chi connectivity index (χ0) is 17.0. The summed E-state index contributed by atoms with van der Waals surface area (Å²) in [7, 11) is 0. The van der Waals surface area contributed by atoms with E-state index in [9.17, 15) is 19.8 Å². The summed E-state index contributed by atoms with van der Waals surface area (Å²) >= 11 is 0. The van der Waals surface area contributed by atoms with E-state index in [1.165, 1.54) is 0 Å². The monoisotopic (exact) mass is 311 g/mol. The Morgan fingerprint density at radius 3 is 2.05 bits per heavy atom. The number of carboxylic acids is 2. The number of nitrogens with zero attached hydrogens (tertiary/aromatic N) is 2. The van der Waals surface area contributed by atoms with Gasteiger partial charge in [0.25, 0.3) is 0 Å². The third-order valence-electron chi connectivity index (χ3n) is 3.66. The number of carbonyl (C=O) groups is 2. The molecule has 1 aromatic rings. The van der Waals surface area contributed by atoms with Gasteiger partial charge in [0.15, 0.2) is 12.1 Å². The van der Waals surface area contributed by atoms with E-state index in [-0.39, 0.29) is 11.8 Å². The lowest BCUT2D eigenvalue weighted by Gasteiger charge is -2.13. The summed E-state index contributed by atoms with van der Waals surface area (Å²) in [5.41, 5.74) is 0.753. The van der Waals surface area contributed by atoms with Crippen LogP contribution in [0.25, 0.3) is 0 Å². The van der Waals surface area contributed by atoms with Crippen LogP contribution in [0.2, 0.25) is 0 Å². The van der Waals surface area contributed by atoms with Crippen LogP contribution in [0.1, 0.15) is 58.3 Å². The zero-order valence-corrected chi connectivity index (χ0v) is 14.0. The van der Waals surface area contributed by atoms with E-state index in [1.807, 2.05) is 27.7 Å². The molecule has 2 unspecified atom stereocenters. The maximum absolute atomic E-state index is 11.5. The second-order valence-corrected chi connectivity index (χ2v) is 6.71. The second-order valence-electron chi connectivity index (χ2n) is 6.71. The molecule has 6 nitrogen and oxygen atoms in total. The van der Waals surface area contributed by atoms with Gasteiger partial charge in [0.05, 0.1) is 0 Å². The van der Waals surface area contributed by atoms with Crippen molar-refractivity contribution in [3.8, 4) is 0 Å². The molecular formula is C16H27N2O4+. The fourth-order valence-corrected chi connectivity index (χ4v) is 2.62. The van der Waals surface area contributed by atoms with Crippen LogP contribution in [0.15, 0.2) is 12.5 Å². The van der Waals surface area contributed by atoms with Gasteiger partial charge in [-0.15, -0.1) is 0 Å². The molecule has 1 aromatic heterocycles. The minimum atomic E-state index is -0.897. The number of imidazole rings is 1. The quantitative estimate of drug-likeness (QED) is 0.722. The molecule has 124 valence electrons. The minimum absolute atomic E-state index is 0.238. The fourth-order valence-electron chi connectivity index (χ4n) is 2.62. The summed E-state index contributed by atoms with van der Waals surface area (Å²) < 4.78 is 3.28. The summed E-state index contributed by atoms with van der Waals surface area (Å²) in [4.78, 5) is 23.0. The maximum Gasteiger partial charge on any atom is 0.349 e. The number of hydrogen-bond acceptors (Lipinski definition) is 2. The normalized spacial score (nSPS) is 14.3. The van der Waals surface area contributed by atoms with E-state index >= 15 is 0 Å². The van der Waals surface area contributed by atoms with Crippen LogP contribution < -0.4 is 4.57 Å². The van der Waals surface area contributed by atoms with Crippen molar-refractivity contribution in [3.05, 3.63) is 18.2 Å². The van der Waals surface area contributed by atoms with Gasteiger partial charge in [0, 0.05) is 19.8 Å². The summed E-state index contributed by atoms with van der Waals surface area (Å²) in [6.45, 7) is 9.70. The number of aryl methyl sites for hydroxylation is 1. The Morgan fingerprint density at radius 2 is 1.64 bits per heavy atom. The van der Waals surface area contributed by atoms with Gasteiger partial charge in [-0.25, -0.2) is 18.7 Å². The molecule has 1 heterocycles. The first-order chi connectivity index (χ1) is 10.1. The van der Waals surface area contributed by atoms with Gasteiger partial charge in [-0.05, 0) is 11.8 Å². The average Bonchev–Trinajstić information content (AvgIpc) is 2.73. The molecule has 0 bridgehead atoms. The predicted octanol–water partition coefficient (Wildman–Crippen LogP) is 2.43. The molecule has 0 saturated carbocycles. The van der Waals surface area contributed by atoms with Crippen LogP contribution >= 0.6 is 0 Å². The summed E-state index contributed by atoms with van der Waals surface area (Å²) in [5.74, 6) is -1.31. The maximum atomic E-state index is 11.5. The molecule has 0 fully saturated rings. The van der Waals surface area contributed by atoms with Crippen LogP contribution in [-0.4, -0.2) is 26.7 Å². The lowest BCUT2D eigenvalue weighted by molar-refractivity contribution is -0.711. The van der Waals surface area contributed by atoms with Gasteiger partial charge in [-0.2, -0.15) is 0 Å². The molecule has 0 aromatic carbocycles. The third-order valence-corrected chi connectivity index (χ3v) is 3.66. The third kappa shape index (κ3) is 4.58. The van der Waals surface area contributed by atoms with E-state index in [0.717, 1.165) is 5.69 Å². The van der Waals surface area contributed by atoms with Crippen molar-refractivity contribution in [2.75, 3.05) is 0 Å². The van der Waals surface area contributed by atoms with Crippen LogP contribution in [0.5, 0.6) is 0 Å². The molecule has 0 amide bonds. The van der Waals surface area contributed by atoms with Crippen LogP contribution in [0.3, 0.4) is 0 Å². The zero-order valence-electron chi connectivity index (χ0n) is 14.0. The number of rotatable bonds is 8. The highest BCUT2D eigenvalue weighted by Gasteiger charge is 2.32. The standard InChI is InChI=1S/C16H26N2O4/c1-10(2)6-13(15(19)20)17-8-12(5)18(9-17)14(16(21)22)7-11(3)4/h8-11,13-14H,6-7H2,1-5H3,(H-,19,20,21,22)/p+1. The summed E-state index contributed by atoms with van der Waals surface area (Å²) in [6, 6.07) is -1.34. The predicted molar refractivity (Wildman–Crippen MR) is 81.6 cm³/mol. The number of aromatic nitrogens is 2. The molecule has 2 atom stereocenters. The second kappa shape index (κ2) is 7.42. The highest BCUT2D eigenvalue weighted by Crippen LogP contribution is 2.20. The van der Waals surface area contributed by atoms with Crippen molar-refractivity contribution in [1.82, 2.24) is 4.57 Å². The number of hydrogen-bond donors (Lipinski definition) is 2. The van der Waals surface area contributed by atoms with E-state index in [1.54, 1.807) is 28.6 Å².